The first-order valence-electron chi connectivity index (χ1n) is 22.4. The Morgan fingerprint density at radius 1 is 0.571 bits per heavy atom. The molecule has 63 heavy (non-hydrogen) atoms. The van der Waals surface area contributed by atoms with Crippen LogP contribution >= 0.6 is 0 Å². The van der Waals surface area contributed by atoms with Crippen LogP contribution in [0.1, 0.15) is 34.7 Å². The molecule has 4 nitrogen and oxygen atoms in total. The average molecular weight is 995 g/mol. The zero-order valence-corrected chi connectivity index (χ0v) is 36.9. The number of nitrogens with zero attached hydrogens (tertiary/aromatic N) is 3. The number of aryl methyl sites for hydroxylation is 1. The van der Waals surface area contributed by atoms with Gasteiger partial charge in [-0.05, 0) is 87.6 Å². The number of phenols is 1. The van der Waals surface area contributed by atoms with Crippen molar-refractivity contribution in [2.24, 2.45) is 0 Å². The molecular formula is C58H42N3OPt-. The van der Waals surface area contributed by atoms with Crippen molar-refractivity contribution in [1.29, 1.82) is 0 Å². The maximum atomic E-state index is 11.4. The summed E-state index contributed by atoms with van der Waals surface area (Å²) in [5, 5.41) is 11.4. The van der Waals surface area contributed by atoms with E-state index in [1.807, 2.05) is 77.5 Å². The predicted octanol–water partition coefficient (Wildman–Crippen LogP) is 14.5. The summed E-state index contributed by atoms with van der Waals surface area (Å²) in [6.07, 6.45) is 1.89. The van der Waals surface area contributed by atoms with Crippen molar-refractivity contribution in [3.63, 3.8) is 0 Å². The molecule has 0 bridgehead atoms. The Hall–Kier alpha value is -7.13. The maximum absolute atomic E-state index is 11.4. The van der Waals surface area contributed by atoms with Crippen LogP contribution in [-0.2, 0) is 26.5 Å². The fourth-order valence-electron chi connectivity index (χ4n) is 9.40. The summed E-state index contributed by atoms with van der Waals surface area (Å²) in [5.41, 5.74) is 16.9. The number of hydrogen-bond donors (Lipinski definition) is 1. The Morgan fingerprint density at radius 3 is 1.97 bits per heavy atom. The van der Waals surface area contributed by atoms with Gasteiger partial charge in [-0.15, -0.1) is 17.7 Å². The van der Waals surface area contributed by atoms with E-state index in [2.05, 4.69) is 117 Å². The number of fused-ring (bicyclic) bond motifs is 4. The minimum atomic E-state index is -2.32. The summed E-state index contributed by atoms with van der Waals surface area (Å²) >= 11 is 0. The molecule has 8 aromatic carbocycles. The summed E-state index contributed by atoms with van der Waals surface area (Å²) in [6, 6.07) is 66.5. The van der Waals surface area contributed by atoms with Crippen LogP contribution in [0.15, 0.2) is 194 Å². The fourth-order valence-corrected chi connectivity index (χ4v) is 9.40. The first-order valence-corrected chi connectivity index (χ1v) is 20.9. The van der Waals surface area contributed by atoms with Crippen LogP contribution in [0.5, 0.6) is 5.75 Å². The summed E-state index contributed by atoms with van der Waals surface area (Å²) in [4.78, 5) is 10.5. The largest absolute Gasteiger partial charge is 0.507 e. The van der Waals surface area contributed by atoms with Gasteiger partial charge in [-0.3, -0.25) is 9.55 Å². The van der Waals surface area contributed by atoms with Crippen LogP contribution < -0.4 is 0 Å². The van der Waals surface area contributed by atoms with E-state index >= 15 is 0 Å². The topological polar surface area (TPSA) is 50.9 Å². The number of pyridine rings is 1. The monoisotopic (exact) mass is 994 g/mol. The quantitative estimate of drug-likeness (QED) is 0.162. The molecule has 5 heteroatoms. The molecule has 2 heterocycles. The summed E-state index contributed by atoms with van der Waals surface area (Å²) in [7, 11) is 0. The van der Waals surface area contributed by atoms with Crippen molar-refractivity contribution >= 4 is 11.0 Å². The molecule has 11 rings (SSSR count). The van der Waals surface area contributed by atoms with E-state index in [1.54, 1.807) is 24.3 Å². The van der Waals surface area contributed by atoms with Gasteiger partial charge >= 0.3 is 0 Å². The van der Waals surface area contributed by atoms with Gasteiger partial charge in [-0.25, -0.2) is 4.98 Å². The molecule has 1 N–H and O–H groups in total. The Balaban J connectivity index is 0.00000511. The Kier molecular flexibility index (Phi) is 9.25. The van der Waals surface area contributed by atoms with Gasteiger partial charge in [0.05, 0.1) is 22.3 Å². The van der Waals surface area contributed by atoms with Gasteiger partial charge in [0, 0.05) is 42.6 Å². The maximum Gasteiger partial charge on any atom is 0.148 e. The van der Waals surface area contributed by atoms with Gasteiger partial charge in [-0.1, -0.05) is 187 Å². The molecule has 0 aliphatic heterocycles. The molecule has 2 aromatic heterocycles. The van der Waals surface area contributed by atoms with Crippen LogP contribution in [0.2, 0.25) is 0 Å². The Morgan fingerprint density at radius 2 is 1.22 bits per heavy atom. The number of hydrogen-bond acceptors (Lipinski definition) is 3. The second-order valence-corrected chi connectivity index (χ2v) is 16.4. The van der Waals surface area contributed by atoms with Crippen LogP contribution in [-0.4, -0.2) is 19.6 Å². The molecule has 0 spiro atoms. The number of phenolic OH excluding ortho intramolecular Hbond substituents is 1. The SMILES string of the molecule is [2H]C([2H])([2H])c1ccc(-n2c(-c3ccccc3O)nc3c(-c4[c-]c(-c5cc(-c6ccc(-c7ccccc7)cc6)ccn5)c5c(c4)-c4ccccc4C5(C)C)cccc32)c(-c2ccccc2)c1.[Pt]. The summed E-state index contributed by atoms with van der Waals surface area (Å²) in [5.74, 6) is 0.599. The van der Waals surface area contributed by atoms with E-state index in [-0.39, 0.29) is 37.8 Å². The van der Waals surface area contributed by atoms with Crippen molar-refractivity contribution in [1.82, 2.24) is 14.5 Å². The number of aromatic nitrogens is 3. The van der Waals surface area contributed by atoms with E-state index in [9.17, 15) is 5.11 Å². The molecule has 0 atom stereocenters. The van der Waals surface area contributed by atoms with Crippen molar-refractivity contribution < 1.29 is 30.3 Å². The van der Waals surface area contributed by atoms with E-state index in [0.29, 0.717) is 16.9 Å². The molecule has 0 unspecified atom stereocenters. The molecule has 1 aliphatic carbocycles. The molecule has 306 valence electrons. The van der Waals surface area contributed by atoms with E-state index in [1.165, 1.54) is 22.3 Å². The molecule has 0 saturated heterocycles. The number of imidazole rings is 1. The van der Waals surface area contributed by atoms with Gasteiger partial charge in [-0.2, -0.15) is 0 Å². The van der Waals surface area contributed by atoms with Gasteiger partial charge in [0.25, 0.3) is 0 Å². The van der Waals surface area contributed by atoms with Crippen molar-refractivity contribution in [2.45, 2.75) is 26.1 Å². The van der Waals surface area contributed by atoms with E-state index < -0.39 is 6.85 Å². The Labute approximate surface area is 386 Å². The summed E-state index contributed by atoms with van der Waals surface area (Å²) in [6.45, 7) is 2.25. The molecule has 0 fully saturated rings. The van der Waals surface area contributed by atoms with Crippen LogP contribution in [0.25, 0.3) is 95.0 Å². The smallest absolute Gasteiger partial charge is 0.148 e. The zero-order valence-electron chi connectivity index (χ0n) is 37.6. The first kappa shape index (κ1) is 36.5. The number of para-hydroxylation sites is 2. The second-order valence-electron chi connectivity index (χ2n) is 16.4. The van der Waals surface area contributed by atoms with Gasteiger partial charge < -0.3 is 5.11 Å². The van der Waals surface area contributed by atoms with Crippen molar-refractivity contribution in [2.75, 3.05) is 0 Å². The predicted molar refractivity (Wildman–Crippen MR) is 254 cm³/mol. The first-order chi connectivity index (χ1) is 31.5. The standard InChI is InChI=1S/C58H42N3O.Pt/c1-37-25-30-52(47(33-37)41-17-8-5-9-18-41)61-53-23-14-21-44(56(53)60-57(61)46-20-11-13-24-54(46)62)43-34-48-45-19-10-12-22-50(45)58(2,3)55(48)49(35-43)51-36-42(31-32-59-51)40-28-26-39(27-29-40)38-15-6-4-7-16-38;/h4-34,36,62H,1-3H3;/q-1;/i1D3;. The fraction of sp³-hybridized carbons (Fsp3) is 0.0690. The number of aromatic hydroxyl groups is 1. The summed E-state index contributed by atoms with van der Waals surface area (Å²) < 4.78 is 27.0. The second kappa shape index (κ2) is 16.0. The third kappa shape index (κ3) is 6.83. The van der Waals surface area contributed by atoms with E-state index in [4.69, 9.17) is 14.1 Å². The molecule has 10 aromatic rings. The van der Waals surface area contributed by atoms with Crippen molar-refractivity contribution in [3.05, 3.63) is 217 Å². The van der Waals surface area contributed by atoms with Crippen LogP contribution in [0.4, 0.5) is 0 Å². The molecule has 1 aliphatic rings. The van der Waals surface area contributed by atoms with Crippen molar-refractivity contribution in [3.8, 4) is 89.7 Å². The number of benzene rings is 8. The van der Waals surface area contributed by atoms with Gasteiger partial charge in [0.2, 0.25) is 0 Å². The zero-order chi connectivity index (χ0) is 44.5. The molecule has 0 saturated carbocycles. The van der Waals surface area contributed by atoms with Gasteiger partial charge in [0.15, 0.2) is 0 Å². The van der Waals surface area contributed by atoms with Gasteiger partial charge in [0.1, 0.15) is 11.6 Å². The average Bonchev–Trinajstić information content (AvgIpc) is 3.83. The van der Waals surface area contributed by atoms with Crippen LogP contribution in [0, 0.1) is 12.9 Å². The molecule has 0 radical (unpaired) electrons. The third-order valence-corrected chi connectivity index (χ3v) is 12.4. The minimum absolute atomic E-state index is 0. The number of rotatable bonds is 7. The van der Waals surface area contributed by atoms with E-state index in [0.717, 1.165) is 67.0 Å². The van der Waals surface area contributed by atoms with Crippen LogP contribution in [0.3, 0.4) is 0 Å². The minimum Gasteiger partial charge on any atom is -0.507 e. The normalized spacial score (nSPS) is 13.3. The Bertz CT molecular complexity index is 3450. The molecule has 0 amide bonds. The third-order valence-electron chi connectivity index (χ3n) is 12.4. The molecular weight excluding hydrogens is 950 g/mol.